The first-order chi connectivity index (χ1) is 17.0. The van der Waals surface area contributed by atoms with E-state index in [4.69, 9.17) is 9.52 Å². The third-order valence-corrected chi connectivity index (χ3v) is 5.40. The number of rotatable bonds is 3. The van der Waals surface area contributed by atoms with Gasteiger partial charge in [0.2, 0.25) is 11.4 Å². The van der Waals surface area contributed by atoms with Crippen molar-refractivity contribution in [3.63, 3.8) is 0 Å². The third-order valence-electron chi connectivity index (χ3n) is 5.40. The summed E-state index contributed by atoms with van der Waals surface area (Å²) in [4.78, 5) is 14.4. The molecule has 6 nitrogen and oxygen atoms in total. The summed E-state index contributed by atoms with van der Waals surface area (Å²) in [5.41, 5.74) is 5.35. The number of aliphatic hydroxyl groups is 1. The van der Waals surface area contributed by atoms with Gasteiger partial charge in [0, 0.05) is 62.0 Å². The maximum atomic E-state index is 10.0. The first-order valence-corrected chi connectivity index (χ1v) is 11.1. The van der Waals surface area contributed by atoms with Crippen LogP contribution >= 0.6 is 0 Å². The standard InChI is InChI=1S/C24H14N3O.C5H8O2.Ir/c1-2-8-17(9-3-1)26-16-27(21-13-5-4-12-20(21)26)22-14-6-10-18-19-11-7-15-25-24(19)28-23(18)22;1-4(6)3-5(2)7;/h1-13,15H;3,6H,1-2H3;/q+1;;/b;4-3-;. The summed E-state index contributed by atoms with van der Waals surface area (Å²) in [6.45, 7) is 2.85. The molecule has 1 aliphatic rings. The number of nitrogens with zero attached hydrogens (tertiary/aromatic N) is 3. The summed E-state index contributed by atoms with van der Waals surface area (Å²) in [5, 5.41) is 10.4. The van der Waals surface area contributed by atoms with Crippen LogP contribution in [0.1, 0.15) is 13.8 Å². The normalized spacial score (nSPS) is 12.2. The van der Waals surface area contributed by atoms with Crippen molar-refractivity contribution in [3.05, 3.63) is 103 Å². The predicted molar refractivity (Wildman–Crippen MR) is 138 cm³/mol. The second-order valence-electron chi connectivity index (χ2n) is 8.02. The van der Waals surface area contributed by atoms with Crippen molar-refractivity contribution in [2.24, 2.45) is 0 Å². The predicted octanol–water partition coefficient (Wildman–Crippen LogP) is 6.67. The average Bonchev–Trinajstić information content (AvgIpc) is 3.43. The topological polar surface area (TPSA) is 69.3 Å². The van der Waals surface area contributed by atoms with Gasteiger partial charge in [0.05, 0.1) is 11.3 Å². The second kappa shape index (κ2) is 10.6. The van der Waals surface area contributed by atoms with E-state index in [2.05, 4.69) is 45.9 Å². The Labute approximate surface area is 221 Å². The molecule has 0 fully saturated rings. The fraction of sp³-hybridized carbons (Fsp3) is 0.0690. The number of pyridine rings is 1. The van der Waals surface area contributed by atoms with E-state index in [0.29, 0.717) is 5.71 Å². The van der Waals surface area contributed by atoms with E-state index in [9.17, 15) is 4.79 Å². The molecular formula is C29H22IrN3O3+. The van der Waals surface area contributed by atoms with Gasteiger partial charge < -0.3 is 9.52 Å². The van der Waals surface area contributed by atoms with Gasteiger partial charge in [0.25, 0.3) is 11.4 Å². The number of aromatic nitrogens is 1. The number of allylic oxidation sites excluding steroid dienone is 2. The van der Waals surface area contributed by atoms with Crippen LogP contribution in [-0.4, -0.2) is 21.9 Å². The monoisotopic (exact) mass is 653 g/mol. The molecule has 3 aromatic carbocycles. The van der Waals surface area contributed by atoms with Gasteiger partial charge in [0.15, 0.2) is 11.5 Å². The van der Waals surface area contributed by atoms with Crippen molar-refractivity contribution in [3.8, 4) is 0 Å². The van der Waals surface area contributed by atoms with E-state index in [0.717, 1.165) is 39.1 Å². The van der Waals surface area contributed by atoms with Gasteiger partial charge in [0.1, 0.15) is 0 Å². The van der Waals surface area contributed by atoms with E-state index in [1.165, 1.54) is 19.9 Å². The Morgan fingerprint density at radius 1 is 0.944 bits per heavy atom. The number of hydrogen-bond acceptors (Lipinski definition) is 4. The minimum atomic E-state index is -0.125. The minimum absolute atomic E-state index is 0. The summed E-state index contributed by atoms with van der Waals surface area (Å²) in [7, 11) is 0. The fourth-order valence-corrected chi connectivity index (χ4v) is 4.02. The third kappa shape index (κ3) is 4.81. The zero-order valence-electron chi connectivity index (χ0n) is 19.6. The van der Waals surface area contributed by atoms with Gasteiger partial charge in [-0.2, -0.15) is 12.1 Å². The van der Waals surface area contributed by atoms with Crippen LogP contribution in [0, 0.1) is 6.07 Å². The van der Waals surface area contributed by atoms with E-state index >= 15 is 0 Å². The molecule has 0 saturated carbocycles. The molecule has 36 heavy (non-hydrogen) atoms. The van der Waals surface area contributed by atoms with Gasteiger partial charge in [-0.15, -0.1) is 6.07 Å². The molecular weight excluding hydrogens is 631 g/mol. The number of benzene rings is 3. The van der Waals surface area contributed by atoms with E-state index < -0.39 is 0 Å². The Bertz CT molecular complexity index is 1680. The number of hydrogen-bond donors (Lipinski definition) is 1. The van der Waals surface area contributed by atoms with Gasteiger partial charge in [-0.25, -0.2) is 4.98 Å². The quantitative estimate of drug-likeness (QED) is 0.100. The molecule has 0 unspecified atom stereocenters. The van der Waals surface area contributed by atoms with Crippen molar-refractivity contribution < 1.29 is 34.4 Å². The minimum Gasteiger partial charge on any atom is -0.512 e. The molecule has 0 aliphatic carbocycles. The molecule has 2 aromatic heterocycles. The Hall–Kier alpha value is -4.15. The van der Waals surface area contributed by atoms with Crippen LogP contribution in [0.2, 0.25) is 0 Å². The average molecular weight is 653 g/mol. The van der Waals surface area contributed by atoms with Crippen LogP contribution in [0.3, 0.4) is 0 Å². The molecule has 0 atom stereocenters. The molecule has 1 N–H and O–H groups in total. The molecule has 0 spiro atoms. The molecule has 179 valence electrons. The van der Waals surface area contributed by atoms with Crippen LogP contribution in [-0.2, 0) is 24.9 Å². The number of carbonyl (C=O) groups is 1. The molecule has 7 heteroatoms. The molecule has 3 heterocycles. The molecule has 1 radical (unpaired) electrons. The molecule has 0 bridgehead atoms. The second-order valence-corrected chi connectivity index (χ2v) is 8.02. The van der Waals surface area contributed by atoms with Crippen molar-refractivity contribution in [2.45, 2.75) is 13.8 Å². The zero-order valence-corrected chi connectivity index (χ0v) is 22.0. The summed E-state index contributed by atoms with van der Waals surface area (Å²) in [5.74, 6) is -0.0625. The number of fused-ring (bicyclic) bond motifs is 4. The van der Waals surface area contributed by atoms with E-state index in [-0.39, 0.29) is 31.6 Å². The van der Waals surface area contributed by atoms with Crippen LogP contribution in [0.5, 0.6) is 0 Å². The van der Waals surface area contributed by atoms with Crippen LogP contribution in [0.4, 0.5) is 22.7 Å². The van der Waals surface area contributed by atoms with Crippen LogP contribution in [0.15, 0.2) is 101 Å². The molecule has 1 aliphatic heterocycles. The first-order valence-electron chi connectivity index (χ1n) is 11.1. The van der Waals surface area contributed by atoms with E-state index in [1.807, 2.05) is 59.2 Å². The number of furan rings is 1. The number of para-hydroxylation sites is 3. The van der Waals surface area contributed by atoms with Crippen molar-refractivity contribution >= 4 is 56.6 Å². The van der Waals surface area contributed by atoms with Crippen LogP contribution < -0.4 is 9.15 Å². The van der Waals surface area contributed by atoms with Gasteiger partial charge in [-0.05, 0) is 30.6 Å². The maximum absolute atomic E-state index is 10.0. The maximum Gasteiger partial charge on any atom is 0.501 e. The summed E-state index contributed by atoms with van der Waals surface area (Å²) in [6.07, 6.45) is 2.91. The number of carbonyl (C=O) groups excluding carboxylic acids is 1. The van der Waals surface area contributed by atoms with Crippen molar-refractivity contribution in [1.29, 1.82) is 0 Å². The molecule has 5 aromatic rings. The van der Waals surface area contributed by atoms with Gasteiger partial charge in [-0.3, -0.25) is 4.79 Å². The molecule has 6 rings (SSSR count). The van der Waals surface area contributed by atoms with Crippen LogP contribution in [0.25, 0.3) is 22.1 Å². The Kier molecular flexibility index (Phi) is 7.37. The first kappa shape index (κ1) is 25.0. The number of ketones is 1. The fourth-order valence-electron chi connectivity index (χ4n) is 4.02. The molecule has 0 amide bonds. The summed E-state index contributed by atoms with van der Waals surface area (Å²) in [6, 6.07) is 33.2. The molecule has 0 saturated heterocycles. The summed E-state index contributed by atoms with van der Waals surface area (Å²) < 4.78 is 10.2. The summed E-state index contributed by atoms with van der Waals surface area (Å²) >= 11 is 0. The smallest absolute Gasteiger partial charge is 0.501 e. The van der Waals surface area contributed by atoms with Crippen molar-refractivity contribution in [2.75, 3.05) is 0 Å². The van der Waals surface area contributed by atoms with E-state index in [1.54, 1.807) is 6.20 Å². The largest absolute Gasteiger partial charge is 0.512 e. The van der Waals surface area contributed by atoms with Gasteiger partial charge in [-0.1, -0.05) is 40.3 Å². The Morgan fingerprint density at radius 2 is 1.64 bits per heavy atom. The van der Waals surface area contributed by atoms with Gasteiger partial charge >= 0.3 is 6.01 Å². The Balaban J connectivity index is 0.000000338. The SMILES string of the molecule is C1=[N+](c2ccccc2)c2ccccc2[N+]=1c1[c-]ccc2c1oc1ncccc12.CC(=O)/C=C(/C)O.[Ir]. The number of aliphatic hydroxyl groups excluding tert-OH is 1. The Morgan fingerprint density at radius 3 is 2.31 bits per heavy atom. The van der Waals surface area contributed by atoms with Crippen molar-refractivity contribution in [1.82, 2.24) is 14.1 Å². The zero-order chi connectivity index (χ0) is 24.4.